The van der Waals surface area contributed by atoms with Gasteiger partial charge in [0.15, 0.2) is 0 Å². The number of hydrogen-bond acceptors (Lipinski definition) is 3. The van der Waals surface area contributed by atoms with Crippen molar-refractivity contribution >= 4 is 21.6 Å². The van der Waals surface area contributed by atoms with Crippen molar-refractivity contribution in [1.82, 2.24) is 5.32 Å². The van der Waals surface area contributed by atoms with Gasteiger partial charge in [-0.15, -0.1) is 0 Å². The van der Waals surface area contributed by atoms with Crippen molar-refractivity contribution in [2.45, 2.75) is 52.0 Å². The third-order valence-electron chi connectivity index (χ3n) is 5.65. The normalized spacial score (nSPS) is 16.2. The molecule has 2 aromatic carbocycles. The Hall–Kier alpha value is -2.34. The molecule has 1 aliphatic rings. The highest BCUT2D eigenvalue weighted by molar-refractivity contribution is 7.92. The number of fused-ring (bicyclic) bond motifs is 1. The number of amides is 1. The second-order valence-electron chi connectivity index (χ2n) is 7.92. The number of rotatable bonds is 7. The fraction of sp³-hybridized carbons (Fsp3) is 0.435. The molecule has 1 aliphatic carbocycles. The molecule has 3 rings (SSSR count). The molecule has 0 radical (unpaired) electrons. The molecule has 156 valence electrons. The van der Waals surface area contributed by atoms with E-state index >= 15 is 0 Å². The van der Waals surface area contributed by atoms with Crippen molar-refractivity contribution in [1.29, 1.82) is 0 Å². The molecule has 0 aromatic heterocycles. The van der Waals surface area contributed by atoms with Crippen LogP contribution in [-0.2, 0) is 21.2 Å². The number of hydrogen-bond donors (Lipinski definition) is 1. The highest BCUT2D eigenvalue weighted by Gasteiger charge is 2.22. The molecule has 1 atom stereocenters. The van der Waals surface area contributed by atoms with E-state index in [4.69, 9.17) is 0 Å². The highest BCUT2D eigenvalue weighted by Crippen LogP contribution is 2.29. The van der Waals surface area contributed by atoms with Gasteiger partial charge in [0, 0.05) is 13.0 Å². The van der Waals surface area contributed by atoms with E-state index in [0.717, 1.165) is 30.4 Å². The Bertz CT molecular complexity index is 985. The third kappa shape index (κ3) is 5.38. The van der Waals surface area contributed by atoms with Crippen molar-refractivity contribution in [3.05, 3.63) is 64.7 Å². The van der Waals surface area contributed by atoms with Gasteiger partial charge in [-0.05, 0) is 73.9 Å². The Kier molecular flexibility index (Phi) is 6.63. The van der Waals surface area contributed by atoms with Crippen molar-refractivity contribution in [3.63, 3.8) is 0 Å². The van der Waals surface area contributed by atoms with E-state index in [9.17, 15) is 13.2 Å². The minimum Gasteiger partial charge on any atom is -0.349 e. The number of nitrogens with zero attached hydrogens (tertiary/aromatic N) is 1. The predicted molar refractivity (Wildman–Crippen MR) is 118 cm³/mol. The Labute approximate surface area is 174 Å². The standard InChI is InChI=1S/C23H30N2O3S/c1-17-13-14-20(16-18(17)2)25(29(3,27)28)15-7-12-23(26)24-22-11-6-9-19-8-4-5-10-21(19)22/h4-5,8,10,13-14,16,22H,6-7,9,11-12,15H2,1-3H3,(H,24,26)/t22-/m1/s1. The summed E-state index contributed by atoms with van der Waals surface area (Å²) >= 11 is 0. The van der Waals surface area contributed by atoms with Crippen LogP contribution in [0.15, 0.2) is 42.5 Å². The number of sulfonamides is 1. The average Bonchev–Trinajstić information content (AvgIpc) is 2.67. The Morgan fingerprint density at radius 1 is 1.14 bits per heavy atom. The summed E-state index contributed by atoms with van der Waals surface area (Å²) in [7, 11) is -3.41. The van der Waals surface area contributed by atoms with E-state index in [1.807, 2.05) is 44.2 Å². The zero-order chi connectivity index (χ0) is 21.0. The van der Waals surface area contributed by atoms with E-state index in [1.54, 1.807) is 0 Å². The SMILES string of the molecule is Cc1ccc(N(CCCC(=O)N[C@@H]2CCCc3ccccc32)S(C)(=O)=O)cc1C. The molecule has 2 aromatic rings. The van der Waals surface area contributed by atoms with Gasteiger partial charge in [-0.2, -0.15) is 0 Å². The smallest absolute Gasteiger partial charge is 0.232 e. The molecule has 1 amide bonds. The first-order valence-electron chi connectivity index (χ1n) is 10.2. The minimum atomic E-state index is -3.41. The number of anilines is 1. The molecule has 0 fully saturated rings. The number of carbonyl (C=O) groups excluding carboxylic acids is 1. The second-order valence-corrected chi connectivity index (χ2v) is 9.83. The van der Waals surface area contributed by atoms with Gasteiger partial charge in [-0.3, -0.25) is 9.10 Å². The van der Waals surface area contributed by atoms with Gasteiger partial charge in [0.1, 0.15) is 0 Å². The molecule has 0 spiro atoms. The van der Waals surface area contributed by atoms with Crippen LogP contribution in [0.5, 0.6) is 0 Å². The van der Waals surface area contributed by atoms with Crippen LogP contribution in [0.1, 0.15) is 54.0 Å². The average molecular weight is 415 g/mol. The lowest BCUT2D eigenvalue weighted by atomic mass is 9.87. The van der Waals surface area contributed by atoms with Gasteiger partial charge in [0.05, 0.1) is 18.0 Å². The zero-order valence-electron chi connectivity index (χ0n) is 17.4. The number of carbonyl (C=O) groups is 1. The molecular weight excluding hydrogens is 384 g/mol. The quantitative estimate of drug-likeness (QED) is 0.743. The van der Waals surface area contributed by atoms with Gasteiger partial charge in [-0.25, -0.2) is 8.42 Å². The first-order valence-corrected chi connectivity index (χ1v) is 12.0. The molecule has 0 saturated heterocycles. The summed E-state index contributed by atoms with van der Waals surface area (Å²) in [6.07, 6.45) is 5.05. The molecular formula is C23H30N2O3S. The summed E-state index contributed by atoms with van der Waals surface area (Å²) in [5, 5.41) is 3.14. The first-order chi connectivity index (χ1) is 13.8. The van der Waals surface area contributed by atoms with Crippen LogP contribution in [0.4, 0.5) is 5.69 Å². The molecule has 0 unspecified atom stereocenters. The summed E-state index contributed by atoms with van der Waals surface area (Å²) in [6, 6.07) is 13.9. The first kappa shape index (κ1) is 21.4. The van der Waals surface area contributed by atoms with Crippen LogP contribution in [0.2, 0.25) is 0 Å². The van der Waals surface area contributed by atoms with Crippen molar-refractivity contribution in [2.75, 3.05) is 17.1 Å². The maximum Gasteiger partial charge on any atom is 0.232 e. The molecule has 0 heterocycles. The van der Waals surface area contributed by atoms with Crippen molar-refractivity contribution in [3.8, 4) is 0 Å². The summed E-state index contributed by atoms with van der Waals surface area (Å²) in [6.45, 7) is 4.25. The molecule has 0 bridgehead atoms. The fourth-order valence-corrected chi connectivity index (χ4v) is 4.88. The van der Waals surface area contributed by atoms with E-state index in [2.05, 4.69) is 17.4 Å². The molecule has 6 heteroatoms. The maximum atomic E-state index is 12.5. The number of benzene rings is 2. The predicted octanol–water partition coefficient (Wildman–Crippen LogP) is 4.04. The van der Waals surface area contributed by atoms with E-state index < -0.39 is 10.0 Å². The van der Waals surface area contributed by atoms with Crippen LogP contribution in [-0.4, -0.2) is 27.1 Å². The van der Waals surface area contributed by atoms with Crippen LogP contribution >= 0.6 is 0 Å². The molecule has 29 heavy (non-hydrogen) atoms. The number of aryl methyl sites for hydroxylation is 3. The summed E-state index contributed by atoms with van der Waals surface area (Å²) in [4.78, 5) is 12.5. The Balaban J connectivity index is 1.60. The van der Waals surface area contributed by atoms with Crippen LogP contribution in [0, 0.1) is 13.8 Å². The zero-order valence-corrected chi connectivity index (χ0v) is 18.3. The van der Waals surface area contributed by atoms with Crippen LogP contribution in [0.3, 0.4) is 0 Å². The molecule has 1 N–H and O–H groups in total. The van der Waals surface area contributed by atoms with Gasteiger partial charge in [0.2, 0.25) is 15.9 Å². The Morgan fingerprint density at radius 3 is 2.62 bits per heavy atom. The largest absolute Gasteiger partial charge is 0.349 e. The lowest BCUT2D eigenvalue weighted by Crippen LogP contribution is -2.33. The van der Waals surface area contributed by atoms with Crippen LogP contribution < -0.4 is 9.62 Å². The maximum absolute atomic E-state index is 12.5. The summed E-state index contributed by atoms with van der Waals surface area (Å²) in [5.74, 6) is -0.0276. The van der Waals surface area contributed by atoms with E-state index in [-0.39, 0.29) is 18.5 Å². The van der Waals surface area contributed by atoms with Gasteiger partial charge >= 0.3 is 0 Å². The molecule has 0 aliphatic heterocycles. The van der Waals surface area contributed by atoms with Gasteiger partial charge in [0.25, 0.3) is 0 Å². The van der Waals surface area contributed by atoms with Gasteiger partial charge < -0.3 is 5.32 Å². The molecule has 5 nitrogen and oxygen atoms in total. The summed E-state index contributed by atoms with van der Waals surface area (Å²) in [5.41, 5.74) is 5.33. The highest BCUT2D eigenvalue weighted by atomic mass is 32.2. The van der Waals surface area contributed by atoms with Crippen molar-refractivity contribution in [2.24, 2.45) is 0 Å². The second kappa shape index (κ2) is 8.99. The van der Waals surface area contributed by atoms with E-state index in [1.165, 1.54) is 21.7 Å². The topological polar surface area (TPSA) is 66.5 Å². The minimum absolute atomic E-state index is 0.0276. The van der Waals surface area contributed by atoms with Crippen molar-refractivity contribution < 1.29 is 13.2 Å². The monoisotopic (exact) mass is 414 g/mol. The summed E-state index contributed by atoms with van der Waals surface area (Å²) < 4.78 is 26.0. The van der Waals surface area contributed by atoms with E-state index in [0.29, 0.717) is 18.5 Å². The lowest BCUT2D eigenvalue weighted by Gasteiger charge is -2.27. The van der Waals surface area contributed by atoms with Crippen LogP contribution in [0.25, 0.3) is 0 Å². The Morgan fingerprint density at radius 2 is 1.90 bits per heavy atom. The van der Waals surface area contributed by atoms with Gasteiger partial charge in [-0.1, -0.05) is 30.3 Å². The fourth-order valence-electron chi connectivity index (χ4n) is 3.92. The number of nitrogens with one attached hydrogen (secondary N) is 1. The lowest BCUT2D eigenvalue weighted by molar-refractivity contribution is -0.122. The third-order valence-corrected chi connectivity index (χ3v) is 6.84. The molecule has 0 saturated carbocycles.